The van der Waals surface area contributed by atoms with Crippen LogP contribution in [0.25, 0.3) is 0 Å². The minimum Gasteiger partial charge on any atom is -0.330 e. The summed E-state index contributed by atoms with van der Waals surface area (Å²) in [6.07, 6.45) is 1.51. The summed E-state index contributed by atoms with van der Waals surface area (Å²) in [6.45, 7) is 9.68. The van der Waals surface area contributed by atoms with Crippen LogP contribution in [-0.2, 0) is 0 Å². The summed E-state index contributed by atoms with van der Waals surface area (Å²) in [6, 6.07) is -0.0759. The van der Waals surface area contributed by atoms with Crippen LogP contribution in [0.5, 0.6) is 0 Å². The second kappa shape index (κ2) is 4.59. The molecular formula is C9H16N2O. The molecule has 0 heterocycles. The summed E-state index contributed by atoms with van der Waals surface area (Å²) in [5.74, 6) is 0. The highest BCUT2D eigenvalue weighted by Gasteiger charge is 2.11. The third-order valence-electron chi connectivity index (χ3n) is 1.29. The molecule has 3 nitrogen and oxygen atoms in total. The minimum atomic E-state index is -0.0759. The molecule has 0 N–H and O–H groups in total. The van der Waals surface area contributed by atoms with Crippen LogP contribution < -0.4 is 0 Å². The molecule has 0 aliphatic rings. The summed E-state index contributed by atoms with van der Waals surface area (Å²) >= 11 is 0. The van der Waals surface area contributed by atoms with Gasteiger partial charge in [-0.3, -0.25) is 4.90 Å². The average molecular weight is 168 g/mol. The molecule has 0 unspecified atom stereocenters. The van der Waals surface area contributed by atoms with E-state index >= 15 is 0 Å². The van der Waals surface area contributed by atoms with Gasteiger partial charge < -0.3 is 4.90 Å². The normalized spacial score (nSPS) is 8.92. The van der Waals surface area contributed by atoms with Gasteiger partial charge in [-0.15, -0.1) is 0 Å². The molecule has 0 spiro atoms. The van der Waals surface area contributed by atoms with Crippen molar-refractivity contribution >= 4 is 6.03 Å². The standard InChI is InChI=1S/C9H16N2O/c1-6-11(7-8(2)3)9(12)10(4)5/h6H,1-2,7H2,3-5H3. The van der Waals surface area contributed by atoms with Gasteiger partial charge >= 0.3 is 6.03 Å². The van der Waals surface area contributed by atoms with Gasteiger partial charge in [0.2, 0.25) is 0 Å². The third-order valence-corrected chi connectivity index (χ3v) is 1.29. The predicted molar refractivity (Wildman–Crippen MR) is 50.8 cm³/mol. The Bertz CT molecular complexity index is 197. The summed E-state index contributed by atoms with van der Waals surface area (Å²) in [5.41, 5.74) is 0.935. The van der Waals surface area contributed by atoms with Crippen LogP contribution in [0.4, 0.5) is 4.79 Å². The van der Waals surface area contributed by atoms with Crippen molar-refractivity contribution < 1.29 is 4.79 Å². The van der Waals surface area contributed by atoms with E-state index in [0.29, 0.717) is 6.54 Å². The molecular weight excluding hydrogens is 152 g/mol. The fraction of sp³-hybridized carbons (Fsp3) is 0.444. The van der Waals surface area contributed by atoms with Crippen LogP contribution in [0.2, 0.25) is 0 Å². The van der Waals surface area contributed by atoms with Gasteiger partial charge in [0.1, 0.15) is 0 Å². The van der Waals surface area contributed by atoms with Crippen molar-refractivity contribution in [2.45, 2.75) is 6.92 Å². The lowest BCUT2D eigenvalue weighted by Gasteiger charge is -2.22. The van der Waals surface area contributed by atoms with Crippen molar-refractivity contribution in [3.63, 3.8) is 0 Å². The summed E-state index contributed by atoms with van der Waals surface area (Å²) < 4.78 is 0. The fourth-order valence-corrected chi connectivity index (χ4v) is 0.758. The van der Waals surface area contributed by atoms with E-state index in [1.165, 1.54) is 16.0 Å². The summed E-state index contributed by atoms with van der Waals surface area (Å²) in [7, 11) is 3.41. The quantitative estimate of drug-likeness (QED) is 0.588. The molecule has 0 saturated heterocycles. The first-order valence-electron chi connectivity index (χ1n) is 3.74. The van der Waals surface area contributed by atoms with E-state index in [4.69, 9.17) is 0 Å². The molecule has 0 aromatic rings. The highest BCUT2D eigenvalue weighted by molar-refractivity contribution is 5.75. The smallest absolute Gasteiger partial charge is 0.323 e. The Labute approximate surface area is 74.0 Å². The Balaban J connectivity index is 4.24. The van der Waals surface area contributed by atoms with E-state index in [1.807, 2.05) is 6.92 Å². The van der Waals surface area contributed by atoms with Crippen molar-refractivity contribution in [2.75, 3.05) is 20.6 Å². The summed E-state index contributed by atoms with van der Waals surface area (Å²) in [4.78, 5) is 14.4. The SMILES string of the molecule is C=CN(CC(=C)C)C(=O)N(C)C. The monoisotopic (exact) mass is 168 g/mol. The molecule has 0 aliphatic carbocycles. The molecule has 0 fully saturated rings. The van der Waals surface area contributed by atoms with Crippen molar-refractivity contribution in [1.82, 2.24) is 9.80 Å². The number of urea groups is 1. The molecule has 0 saturated carbocycles. The van der Waals surface area contributed by atoms with Crippen LogP contribution in [0.3, 0.4) is 0 Å². The second-order valence-electron chi connectivity index (χ2n) is 2.94. The first kappa shape index (κ1) is 10.8. The predicted octanol–water partition coefficient (Wildman–Crippen LogP) is 1.69. The van der Waals surface area contributed by atoms with E-state index in [9.17, 15) is 4.79 Å². The molecule has 0 bridgehead atoms. The zero-order chi connectivity index (χ0) is 9.72. The van der Waals surface area contributed by atoms with Crippen molar-refractivity contribution in [3.05, 3.63) is 24.9 Å². The highest BCUT2D eigenvalue weighted by Crippen LogP contribution is 1.99. The maximum atomic E-state index is 11.3. The lowest BCUT2D eigenvalue weighted by Crippen LogP contribution is -2.36. The lowest BCUT2D eigenvalue weighted by molar-refractivity contribution is 0.191. The zero-order valence-corrected chi connectivity index (χ0v) is 8.00. The molecule has 2 amide bonds. The first-order chi connectivity index (χ1) is 5.49. The molecule has 12 heavy (non-hydrogen) atoms. The van der Waals surface area contributed by atoms with Gasteiger partial charge in [0, 0.05) is 26.8 Å². The van der Waals surface area contributed by atoms with Crippen LogP contribution in [-0.4, -0.2) is 36.5 Å². The molecule has 0 atom stereocenters. The number of hydrogen-bond donors (Lipinski definition) is 0. The van der Waals surface area contributed by atoms with Crippen LogP contribution in [0, 0.1) is 0 Å². The van der Waals surface area contributed by atoms with Gasteiger partial charge in [-0.25, -0.2) is 4.79 Å². The van der Waals surface area contributed by atoms with Crippen LogP contribution in [0.1, 0.15) is 6.92 Å². The van der Waals surface area contributed by atoms with Gasteiger partial charge in [0.05, 0.1) is 0 Å². The number of carbonyl (C=O) groups is 1. The van der Waals surface area contributed by atoms with Crippen molar-refractivity contribution in [2.24, 2.45) is 0 Å². The Morgan fingerprint density at radius 3 is 2.25 bits per heavy atom. The lowest BCUT2D eigenvalue weighted by atomic mass is 10.3. The molecule has 0 aromatic carbocycles. The van der Waals surface area contributed by atoms with E-state index in [-0.39, 0.29) is 6.03 Å². The Morgan fingerprint density at radius 1 is 1.50 bits per heavy atom. The van der Waals surface area contributed by atoms with Crippen molar-refractivity contribution in [3.8, 4) is 0 Å². The first-order valence-corrected chi connectivity index (χ1v) is 3.74. The second-order valence-corrected chi connectivity index (χ2v) is 2.94. The Kier molecular flexibility index (Phi) is 4.11. The number of carbonyl (C=O) groups excluding carboxylic acids is 1. The van der Waals surface area contributed by atoms with E-state index in [0.717, 1.165) is 5.57 Å². The molecule has 0 aliphatic heterocycles. The Hall–Kier alpha value is -1.25. The minimum absolute atomic E-state index is 0.0759. The van der Waals surface area contributed by atoms with Gasteiger partial charge in [0.15, 0.2) is 0 Å². The van der Waals surface area contributed by atoms with Gasteiger partial charge in [-0.1, -0.05) is 18.7 Å². The van der Waals surface area contributed by atoms with Gasteiger partial charge in [0.25, 0.3) is 0 Å². The van der Waals surface area contributed by atoms with Crippen LogP contribution in [0.15, 0.2) is 24.9 Å². The molecule has 68 valence electrons. The Morgan fingerprint density at radius 2 is 2.00 bits per heavy atom. The highest BCUT2D eigenvalue weighted by atomic mass is 16.2. The zero-order valence-electron chi connectivity index (χ0n) is 8.00. The number of rotatable bonds is 3. The molecule has 0 aromatic heterocycles. The maximum Gasteiger partial charge on any atom is 0.323 e. The van der Waals surface area contributed by atoms with Crippen LogP contribution >= 0.6 is 0 Å². The molecule has 0 rings (SSSR count). The fourth-order valence-electron chi connectivity index (χ4n) is 0.758. The number of hydrogen-bond acceptors (Lipinski definition) is 1. The summed E-state index contributed by atoms with van der Waals surface area (Å²) in [5, 5.41) is 0. The molecule has 0 radical (unpaired) electrons. The topological polar surface area (TPSA) is 23.6 Å². The maximum absolute atomic E-state index is 11.3. The average Bonchev–Trinajstić information content (AvgIpc) is 1.98. The van der Waals surface area contributed by atoms with Gasteiger partial charge in [-0.05, 0) is 6.92 Å². The van der Waals surface area contributed by atoms with E-state index in [1.54, 1.807) is 14.1 Å². The van der Waals surface area contributed by atoms with E-state index in [2.05, 4.69) is 13.2 Å². The number of nitrogens with zero attached hydrogens (tertiary/aromatic N) is 2. The molecule has 3 heteroatoms. The van der Waals surface area contributed by atoms with E-state index < -0.39 is 0 Å². The third kappa shape index (κ3) is 3.23. The number of amides is 2. The van der Waals surface area contributed by atoms with Gasteiger partial charge in [-0.2, -0.15) is 0 Å². The largest absolute Gasteiger partial charge is 0.330 e. The van der Waals surface area contributed by atoms with Crippen molar-refractivity contribution in [1.29, 1.82) is 0 Å².